The van der Waals surface area contributed by atoms with Crippen LogP contribution in [0.25, 0.3) is 11.1 Å². The third-order valence-electron chi connectivity index (χ3n) is 5.69. The van der Waals surface area contributed by atoms with Gasteiger partial charge >= 0.3 is 11.9 Å². The second kappa shape index (κ2) is 13.9. The minimum Gasteiger partial charge on any atom is -0.459 e. The summed E-state index contributed by atoms with van der Waals surface area (Å²) in [5.74, 6) is 4.92. The van der Waals surface area contributed by atoms with Gasteiger partial charge in [0, 0.05) is 11.5 Å². The van der Waals surface area contributed by atoms with E-state index in [1.807, 2.05) is 50.2 Å². The van der Waals surface area contributed by atoms with Crippen LogP contribution in [0.5, 0.6) is 5.75 Å². The fraction of sp³-hybridized carbons (Fsp3) is 0.312. The van der Waals surface area contributed by atoms with Gasteiger partial charge in [0.25, 0.3) is 0 Å². The Hall–Kier alpha value is -3.84. The van der Waals surface area contributed by atoms with E-state index in [0.29, 0.717) is 11.3 Å². The highest BCUT2D eigenvalue weighted by atomic mass is 16.5. The number of carbonyl (C=O) groups excluding carboxylic acids is 2. The lowest BCUT2D eigenvalue weighted by molar-refractivity contribution is -0.128. The highest BCUT2D eigenvalue weighted by molar-refractivity contribution is 5.91. The van der Waals surface area contributed by atoms with Crippen molar-refractivity contribution in [3.63, 3.8) is 0 Å². The Bertz CT molecular complexity index is 1180. The zero-order valence-electron chi connectivity index (χ0n) is 21.4. The van der Waals surface area contributed by atoms with E-state index in [1.54, 1.807) is 24.3 Å². The quantitative estimate of drug-likeness (QED) is 0.131. The minimum absolute atomic E-state index is 0.160. The third-order valence-corrected chi connectivity index (χ3v) is 5.69. The predicted molar refractivity (Wildman–Crippen MR) is 144 cm³/mol. The van der Waals surface area contributed by atoms with Gasteiger partial charge in [-0.2, -0.15) is 0 Å². The van der Waals surface area contributed by atoms with E-state index in [1.165, 1.54) is 37.7 Å². The predicted octanol–water partition coefficient (Wildman–Crippen LogP) is 7.39. The van der Waals surface area contributed by atoms with Gasteiger partial charge in [-0.05, 0) is 79.8 Å². The summed E-state index contributed by atoms with van der Waals surface area (Å²) < 4.78 is 10.6. The molecule has 0 saturated carbocycles. The second-order valence-electron chi connectivity index (χ2n) is 9.06. The van der Waals surface area contributed by atoms with Crippen molar-refractivity contribution in [3.05, 3.63) is 89.5 Å². The molecule has 0 heterocycles. The van der Waals surface area contributed by atoms with Crippen molar-refractivity contribution < 1.29 is 19.1 Å². The smallest absolute Gasteiger partial charge is 0.390 e. The standard InChI is InChI=1S/C32H34O4/c1-4-5-6-7-8-9-25-10-12-26(13-11-25)14-23-31(33)36-30-21-19-28(20-22-30)27-15-17-29(18-16-27)32(34)35-24(2)3/h10-13,15-22,24H,4-9H2,1-3H3. The Labute approximate surface area is 214 Å². The van der Waals surface area contributed by atoms with Crippen molar-refractivity contribution >= 4 is 11.9 Å². The van der Waals surface area contributed by atoms with Gasteiger partial charge in [-0.1, -0.05) is 74.9 Å². The van der Waals surface area contributed by atoms with E-state index >= 15 is 0 Å². The molecule has 0 saturated heterocycles. The summed E-state index contributed by atoms with van der Waals surface area (Å²) in [6, 6.07) is 22.4. The maximum atomic E-state index is 12.2. The number of carbonyl (C=O) groups is 2. The van der Waals surface area contributed by atoms with Crippen LogP contribution in [0.4, 0.5) is 0 Å². The number of benzene rings is 3. The van der Waals surface area contributed by atoms with Gasteiger partial charge in [0.1, 0.15) is 5.75 Å². The van der Waals surface area contributed by atoms with Crippen molar-refractivity contribution in [2.24, 2.45) is 0 Å². The van der Waals surface area contributed by atoms with Gasteiger partial charge in [0.05, 0.1) is 11.7 Å². The third kappa shape index (κ3) is 8.74. The zero-order valence-corrected chi connectivity index (χ0v) is 21.4. The van der Waals surface area contributed by atoms with Gasteiger partial charge in [-0.15, -0.1) is 0 Å². The van der Waals surface area contributed by atoms with Gasteiger partial charge < -0.3 is 9.47 Å². The van der Waals surface area contributed by atoms with Crippen LogP contribution in [0.3, 0.4) is 0 Å². The summed E-state index contributed by atoms with van der Waals surface area (Å²) in [6.07, 6.45) is 7.25. The van der Waals surface area contributed by atoms with Gasteiger partial charge in [-0.25, -0.2) is 9.59 Å². The lowest BCUT2D eigenvalue weighted by Gasteiger charge is -2.08. The van der Waals surface area contributed by atoms with Crippen LogP contribution in [0.1, 0.15) is 74.4 Å². The maximum absolute atomic E-state index is 12.2. The summed E-state index contributed by atoms with van der Waals surface area (Å²) in [5.41, 5.74) is 4.48. The molecule has 3 aromatic carbocycles. The van der Waals surface area contributed by atoms with Crippen LogP contribution in [-0.2, 0) is 16.0 Å². The molecule has 0 radical (unpaired) electrons. The Morgan fingerprint density at radius 1 is 0.778 bits per heavy atom. The number of aryl methyl sites for hydroxylation is 1. The Balaban J connectivity index is 1.51. The average Bonchev–Trinajstić information content (AvgIpc) is 2.88. The number of esters is 2. The van der Waals surface area contributed by atoms with E-state index < -0.39 is 5.97 Å². The molecule has 0 aliphatic heterocycles. The molecule has 0 N–H and O–H groups in total. The summed E-state index contributed by atoms with van der Waals surface area (Å²) in [7, 11) is 0. The van der Waals surface area contributed by atoms with Crippen LogP contribution in [0.15, 0.2) is 72.8 Å². The van der Waals surface area contributed by atoms with Crippen LogP contribution in [-0.4, -0.2) is 18.0 Å². The molecule has 0 bridgehead atoms. The molecule has 4 nitrogen and oxygen atoms in total. The van der Waals surface area contributed by atoms with Gasteiger partial charge in [-0.3, -0.25) is 0 Å². The summed E-state index contributed by atoms with van der Waals surface area (Å²) >= 11 is 0. The minimum atomic E-state index is -0.601. The lowest BCUT2D eigenvalue weighted by Crippen LogP contribution is -2.11. The lowest BCUT2D eigenvalue weighted by atomic mass is 10.0. The molecule has 0 spiro atoms. The van der Waals surface area contributed by atoms with E-state index in [9.17, 15) is 9.59 Å². The normalized spacial score (nSPS) is 10.4. The van der Waals surface area contributed by atoms with Crippen molar-refractivity contribution in [2.45, 2.75) is 65.4 Å². The summed E-state index contributed by atoms with van der Waals surface area (Å²) in [5, 5.41) is 0. The van der Waals surface area contributed by atoms with Crippen molar-refractivity contribution in [1.82, 2.24) is 0 Å². The average molecular weight is 483 g/mol. The monoisotopic (exact) mass is 482 g/mol. The number of unbranched alkanes of at least 4 members (excludes halogenated alkanes) is 4. The van der Waals surface area contributed by atoms with Crippen molar-refractivity contribution in [2.75, 3.05) is 0 Å². The molecule has 0 aliphatic carbocycles. The fourth-order valence-electron chi connectivity index (χ4n) is 3.74. The van der Waals surface area contributed by atoms with Crippen LogP contribution in [0, 0.1) is 11.8 Å². The molecule has 0 fully saturated rings. The highest BCUT2D eigenvalue weighted by Crippen LogP contribution is 2.23. The van der Waals surface area contributed by atoms with Crippen LogP contribution >= 0.6 is 0 Å². The number of ether oxygens (including phenoxy) is 2. The van der Waals surface area contributed by atoms with Crippen molar-refractivity contribution in [1.29, 1.82) is 0 Å². The number of hydrogen-bond donors (Lipinski definition) is 0. The summed E-state index contributed by atoms with van der Waals surface area (Å²) in [6.45, 7) is 5.86. The van der Waals surface area contributed by atoms with Gasteiger partial charge in [0.15, 0.2) is 0 Å². The molecule has 4 heteroatoms. The first-order valence-corrected chi connectivity index (χ1v) is 12.7. The molecular weight excluding hydrogens is 448 g/mol. The summed E-state index contributed by atoms with van der Waals surface area (Å²) in [4.78, 5) is 24.2. The zero-order chi connectivity index (χ0) is 25.8. The fourth-order valence-corrected chi connectivity index (χ4v) is 3.74. The molecule has 0 aliphatic rings. The van der Waals surface area contributed by atoms with E-state index in [2.05, 4.69) is 30.9 Å². The molecule has 36 heavy (non-hydrogen) atoms. The first-order valence-electron chi connectivity index (χ1n) is 12.7. The Morgan fingerprint density at radius 3 is 2.00 bits per heavy atom. The molecule has 3 aromatic rings. The molecular formula is C32H34O4. The van der Waals surface area contributed by atoms with E-state index in [-0.39, 0.29) is 12.1 Å². The first-order chi connectivity index (χ1) is 17.4. The van der Waals surface area contributed by atoms with Crippen LogP contribution in [0.2, 0.25) is 0 Å². The van der Waals surface area contributed by atoms with E-state index in [4.69, 9.17) is 9.47 Å². The Kier molecular flexibility index (Phi) is 10.3. The van der Waals surface area contributed by atoms with Crippen LogP contribution < -0.4 is 4.74 Å². The molecule has 186 valence electrons. The number of hydrogen-bond acceptors (Lipinski definition) is 4. The van der Waals surface area contributed by atoms with Gasteiger partial charge in [0.2, 0.25) is 0 Å². The number of rotatable bonds is 10. The topological polar surface area (TPSA) is 52.6 Å². The van der Waals surface area contributed by atoms with E-state index in [0.717, 1.165) is 23.1 Å². The molecule has 0 aromatic heterocycles. The maximum Gasteiger partial charge on any atom is 0.390 e. The molecule has 0 atom stereocenters. The first kappa shape index (κ1) is 26.8. The molecule has 0 unspecified atom stereocenters. The highest BCUT2D eigenvalue weighted by Gasteiger charge is 2.09. The second-order valence-corrected chi connectivity index (χ2v) is 9.06. The van der Waals surface area contributed by atoms with Crippen molar-refractivity contribution in [3.8, 4) is 28.7 Å². The molecule has 3 rings (SSSR count). The molecule has 0 amide bonds. The Morgan fingerprint density at radius 2 is 1.39 bits per heavy atom. The SMILES string of the molecule is CCCCCCCc1ccc(C#CC(=O)Oc2ccc(-c3ccc(C(=O)OC(C)C)cc3)cc2)cc1. The largest absolute Gasteiger partial charge is 0.459 e.